The Morgan fingerprint density at radius 3 is 2.61 bits per heavy atom. The molecule has 0 saturated carbocycles. The third kappa shape index (κ3) is 4.94. The van der Waals surface area contributed by atoms with E-state index in [1.54, 1.807) is 0 Å². The molecule has 0 atom stereocenters. The Kier molecular flexibility index (Phi) is 6.52. The Bertz CT molecular complexity index is 1300. The zero-order chi connectivity index (χ0) is 23.5. The van der Waals surface area contributed by atoms with Gasteiger partial charge in [-0.15, -0.1) is 0 Å². The quantitative estimate of drug-likeness (QED) is 0.358. The van der Waals surface area contributed by atoms with Crippen LogP contribution in [0.2, 0.25) is 0 Å². The van der Waals surface area contributed by atoms with Gasteiger partial charge in [0.15, 0.2) is 0 Å². The molecule has 33 heavy (non-hydrogen) atoms. The van der Waals surface area contributed by atoms with Gasteiger partial charge in [0.2, 0.25) is 0 Å². The molecule has 0 amide bonds. The molecule has 0 bridgehead atoms. The molecule has 5 nitrogen and oxygen atoms in total. The molecule has 0 aliphatic rings. The molecule has 0 aliphatic carbocycles. The van der Waals surface area contributed by atoms with Crippen molar-refractivity contribution in [2.45, 2.75) is 46.4 Å². The first-order valence-electron chi connectivity index (χ1n) is 11.2. The lowest BCUT2D eigenvalue weighted by molar-refractivity contribution is -0.136. The summed E-state index contributed by atoms with van der Waals surface area (Å²) in [7, 11) is 0. The van der Waals surface area contributed by atoms with Crippen LogP contribution in [-0.4, -0.2) is 15.6 Å². The fourth-order valence-electron chi connectivity index (χ4n) is 4.22. The lowest BCUT2D eigenvalue weighted by Crippen LogP contribution is -2.05. The van der Waals surface area contributed by atoms with E-state index in [9.17, 15) is 9.90 Å². The number of ether oxygens (including phenoxy) is 1. The number of carbonyl (C=O) groups is 1. The van der Waals surface area contributed by atoms with Gasteiger partial charge in [-0.2, -0.15) is 0 Å². The first-order chi connectivity index (χ1) is 15.9. The zero-order valence-corrected chi connectivity index (χ0v) is 19.3. The Hall–Kier alpha value is -3.57. The number of aromatic nitrogens is 1. The molecule has 1 heterocycles. The van der Waals surface area contributed by atoms with Crippen LogP contribution >= 0.6 is 0 Å². The minimum Gasteiger partial charge on any atom is -0.489 e. The van der Waals surface area contributed by atoms with Gasteiger partial charge in [0, 0.05) is 35.2 Å². The summed E-state index contributed by atoms with van der Waals surface area (Å²) < 4.78 is 8.44. The number of aliphatic carboxylic acids is 1. The molecule has 0 aliphatic heterocycles. The monoisotopic (exact) mass is 442 g/mol. The van der Waals surface area contributed by atoms with Gasteiger partial charge in [-0.05, 0) is 78.9 Å². The van der Waals surface area contributed by atoms with Crippen molar-refractivity contribution in [2.75, 3.05) is 0 Å². The first-order valence-corrected chi connectivity index (χ1v) is 11.2. The fourth-order valence-corrected chi connectivity index (χ4v) is 4.22. The molecular formula is C28H30N2O3. The number of benzene rings is 3. The number of nitrogens with zero attached hydrogens (tertiary/aromatic N) is 1. The van der Waals surface area contributed by atoms with E-state index in [-0.39, 0.29) is 6.42 Å². The molecule has 5 heteroatoms. The Labute approximate surface area is 194 Å². The fraction of sp³-hybridized carbons (Fsp3) is 0.250. The standard InChI is InChI=1S/C28H30N2O3/c1-18(2)30-10-9-24-25(22-6-4-5-20(12-22)16-29)13-21(14-26(24)30)17-33-27-11-19(3)7-8-23(27)15-28(31)32/h4-14,18H,15-17,29H2,1-3H3,(H,31,32). The predicted molar refractivity (Wildman–Crippen MR) is 133 cm³/mol. The van der Waals surface area contributed by atoms with Crippen LogP contribution in [0, 0.1) is 6.92 Å². The van der Waals surface area contributed by atoms with Crippen molar-refractivity contribution in [1.29, 1.82) is 0 Å². The summed E-state index contributed by atoms with van der Waals surface area (Å²) in [4.78, 5) is 11.3. The van der Waals surface area contributed by atoms with Gasteiger partial charge in [-0.25, -0.2) is 0 Å². The molecule has 0 unspecified atom stereocenters. The number of carboxylic acids is 1. The molecular weight excluding hydrogens is 412 g/mol. The average Bonchev–Trinajstić information content (AvgIpc) is 3.22. The number of nitrogens with two attached hydrogens (primary N) is 1. The van der Waals surface area contributed by atoms with Gasteiger partial charge < -0.3 is 20.1 Å². The number of aryl methyl sites for hydroxylation is 1. The second-order valence-corrected chi connectivity index (χ2v) is 8.77. The Morgan fingerprint density at radius 2 is 1.88 bits per heavy atom. The smallest absolute Gasteiger partial charge is 0.307 e. The van der Waals surface area contributed by atoms with Crippen LogP contribution in [0.4, 0.5) is 0 Å². The van der Waals surface area contributed by atoms with E-state index in [1.165, 1.54) is 5.39 Å². The molecule has 0 saturated heterocycles. The van der Waals surface area contributed by atoms with Crippen LogP contribution < -0.4 is 10.5 Å². The Morgan fingerprint density at radius 1 is 1.06 bits per heavy atom. The summed E-state index contributed by atoms with van der Waals surface area (Å²) in [6.45, 7) is 7.15. The molecule has 3 N–H and O–H groups in total. The zero-order valence-electron chi connectivity index (χ0n) is 19.3. The maximum absolute atomic E-state index is 11.3. The molecule has 4 aromatic rings. The molecule has 1 aromatic heterocycles. The first kappa shape index (κ1) is 22.6. The van der Waals surface area contributed by atoms with Crippen LogP contribution in [0.25, 0.3) is 22.0 Å². The number of carboxylic acid groups (broad SMARTS) is 1. The molecule has 0 radical (unpaired) electrons. The van der Waals surface area contributed by atoms with Crippen LogP contribution in [0.3, 0.4) is 0 Å². The number of hydrogen-bond acceptors (Lipinski definition) is 3. The van der Waals surface area contributed by atoms with Gasteiger partial charge in [0.1, 0.15) is 12.4 Å². The van der Waals surface area contributed by atoms with E-state index in [1.807, 2.05) is 37.3 Å². The summed E-state index contributed by atoms with van der Waals surface area (Å²) in [5, 5.41) is 10.4. The predicted octanol–water partition coefficient (Wildman–Crippen LogP) is 5.86. The second kappa shape index (κ2) is 9.51. The van der Waals surface area contributed by atoms with Gasteiger partial charge >= 0.3 is 5.97 Å². The van der Waals surface area contributed by atoms with Crippen molar-refractivity contribution in [2.24, 2.45) is 5.73 Å². The van der Waals surface area contributed by atoms with Crippen molar-refractivity contribution in [1.82, 2.24) is 4.57 Å². The summed E-state index contributed by atoms with van der Waals surface area (Å²) in [6.07, 6.45) is 2.06. The van der Waals surface area contributed by atoms with Crippen molar-refractivity contribution < 1.29 is 14.6 Å². The van der Waals surface area contributed by atoms with E-state index in [0.717, 1.165) is 33.3 Å². The van der Waals surface area contributed by atoms with Crippen LogP contribution in [0.1, 0.15) is 42.1 Å². The second-order valence-electron chi connectivity index (χ2n) is 8.77. The largest absolute Gasteiger partial charge is 0.489 e. The highest BCUT2D eigenvalue weighted by atomic mass is 16.5. The highest BCUT2D eigenvalue weighted by Gasteiger charge is 2.14. The highest BCUT2D eigenvalue weighted by molar-refractivity contribution is 5.96. The molecule has 0 spiro atoms. The van der Waals surface area contributed by atoms with Crippen LogP contribution in [-0.2, 0) is 24.4 Å². The van der Waals surface area contributed by atoms with Gasteiger partial charge in [-0.3, -0.25) is 4.79 Å². The molecule has 3 aromatic carbocycles. The topological polar surface area (TPSA) is 77.5 Å². The average molecular weight is 443 g/mol. The molecule has 0 fully saturated rings. The van der Waals surface area contributed by atoms with Crippen molar-refractivity contribution in [3.05, 3.63) is 89.1 Å². The van der Waals surface area contributed by atoms with Gasteiger partial charge in [-0.1, -0.05) is 30.3 Å². The normalized spacial score (nSPS) is 11.3. The lowest BCUT2D eigenvalue weighted by atomic mass is 9.97. The third-order valence-electron chi connectivity index (χ3n) is 5.89. The third-order valence-corrected chi connectivity index (χ3v) is 5.89. The Balaban J connectivity index is 1.76. The van der Waals surface area contributed by atoms with Crippen molar-refractivity contribution in [3.8, 4) is 16.9 Å². The van der Waals surface area contributed by atoms with E-state index in [2.05, 4.69) is 54.9 Å². The summed E-state index contributed by atoms with van der Waals surface area (Å²) in [6, 6.07) is 20.8. The van der Waals surface area contributed by atoms with E-state index < -0.39 is 5.97 Å². The summed E-state index contributed by atoms with van der Waals surface area (Å²) in [5.74, 6) is -0.259. The van der Waals surface area contributed by atoms with Crippen molar-refractivity contribution >= 4 is 16.9 Å². The number of hydrogen-bond donors (Lipinski definition) is 2. The maximum atomic E-state index is 11.3. The molecule has 4 rings (SSSR count). The highest BCUT2D eigenvalue weighted by Crippen LogP contribution is 2.33. The maximum Gasteiger partial charge on any atom is 0.307 e. The number of fused-ring (bicyclic) bond motifs is 1. The minimum absolute atomic E-state index is 0.0675. The van der Waals surface area contributed by atoms with Crippen LogP contribution in [0.15, 0.2) is 66.9 Å². The summed E-state index contributed by atoms with van der Waals surface area (Å²) >= 11 is 0. The number of rotatable bonds is 8. The van der Waals surface area contributed by atoms with Crippen LogP contribution in [0.5, 0.6) is 5.75 Å². The minimum atomic E-state index is -0.873. The summed E-state index contributed by atoms with van der Waals surface area (Å²) in [5.41, 5.74) is 13.1. The SMILES string of the molecule is Cc1ccc(CC(=O)O)c(OCc2cc(-c3cccc(CN)c3)c3ccn(C(C)C)c3c2)c1. The molecule has 170 valence electrons. The van der Waals surface area contributed by atoms with E-state index >= 15 is 0 Å². The van der Waals surface area contributed by atoms with Gasteiger partial charge in [0.25, 0.3) is 0 Å². The van der Waals surface area contributed by atoms with Gasteiger partial charge in [0.05, 0.1) is 6.42 Å². The van der Waals surface area contributed by atoms with Crippen molar-refractivity contribution in [3.63, 3.8) is 0 Å². The lowest BCUT2D eigenvalue weighted by Gasteiger charge is -2.15. The van der Waals surface area contributed by atoms with E-state index in [0.29, 0.717) is 30.5 Å². The van der Waals surface area contributed by atoms with E-state index in [4.69, 9.17) is 10.5 Å².